The molecule has 2 N–H and O–H groups in total. The van der Waals surface area contributed by atoms with E-state index in [1.165, 1.54) is 10.4 Å². The minimum absolute atomic E-state index is 0.0814. The Kier molecular flexibility index (Phi) is 6.20. The van der Waals surface area contributed by atoms with Crippen LogP contribution in [0.25, 0.3) is 0 Å². The number of fused-ring (bicyclic) bond motifs is 1. The number of aryl methyl sites for hydroxylation is 3. The fraction of sp³-hybridized carbons (Fsp3) is 0.417. The molecule has 1 saturated heterocycles. The van der Waals surface area contributed by atoms with E-state index in [2.05, 4.69) is 10.6 Å². The molecule has 0 saturated carbocycles. The van der Waals surface area contributed by atoms with E-state index >= 15 is 0 Å². The first-order valence-corrected chi connectivity index (χ1v) is 12.5. The number of nitrogens with one attached hydrogen (secondary N) is 2. The van der Waals surface area contributed by atoms with Gasteiger partial charge in [-0.15, -0.1) is 0 Å². The average Bonchev–Trinajstić information content (AvgIpc) is 2.76. The van der Waals surface area contributed by atoms with E-state index in [-0.39, 0.29) is 35.7 Å². The van der Waals surface area contributed by atoms with Gasteiger partial charge in [-0.1, -0.05) is 17.7 Å². The van der Waals surface area contributed by atoms with Crippen molar-refractivity contribution in [3.05, 3.63) is 47.0 Å². The molecule has 2 aliphatic heterocycles. The normalized spacial score (nSPS) is 19.4. The predicted molar refractivity (Wildman–Crippen MR) is 126 cm³/mol. The number of carbonyl (C=O) groups excluding carboxylic acids is 2. The van der Waals surface area contributed by atoms with E-state index < -0.39 is 16.1 Å². The van der Waals surface area contributed by atoms with Gasteiger partial charge in [0.2, 0.25) is 15.9 Å². The summed E-state index contributed by atoms with van der Waals surface area (Å²) in [7, 11) is -3.77. The summed E-state index contributed by atoms with van der Waals surface area (Å²) in [4.78, 5) is 24.8. The molecular weight excluding hydrogens is 442 g/mol. The quantitative estimate of drug-likeness (QED) is 0.711. The van der Waals surface area contributed by atoms with Crippen LogP contribution in [0.3, 0.4) is 0 Å². The molecule has 0 radical (unpaired) electrons. The Morgan fingerprint density at radius 3 is 2.45 bits per heavy atom. The van der Waals surface area contributed by atoms with Gasteiger partial charge in [-0.25, -0.2) is 8.42 Å². The summed E-state index contributed by atoms with van der Waals surface area (Å²) < 4.78 is 33.8. The van der Waals surface area contributed by atoms with Gasteiger partial charge in [0, 0.05) is 30.8 Å². The van der Waals surface area contributed by atoms with Crippen molar-refractivity contribution in [2.75, 3.05) is 23.7 Å². The molecule has 2 aliphatic rings. The lowest BCUT2D eigenvalue weighted by atomic mass is 9.97. The summed E-state index contributed by atoms with van der Waals surface area (Å²) in [5.74, 6) is -0.254. The molecule has 8 nitrogen and oxygen atoms in total. The predicted octanol–water partition coefficient (Wildman–Crippen LogP) is 3.37. The summed E-state index contributed by atoms with van der Waals surface area (Å²) in [6.45, 7) is 7.79. The molecule has 1 fully saturated rings. The Bertz CT molecular complexity index is 1220. The van der Waals surface area contributed by atoms with Crippen LogP contribution in [0.5, 0.6) is 5.75 Å². The van der Waals surface area contributed by atoms with Gasteiger partial charge in [0.1, 0.15) is 5.75 Å². The van der Waals surface area contributed by atoms with Crippen LogP contribution >= 0.6 is 0 Å². The third-order valence-electron chi connectivity index (χ3n) is 6.29. The Morgan fingerprint density at radius 2 is 1.79 bits per heavy atom. The molecule has 2 aromatic rings. The maximum atomic E-state index is 13.4. The summed E-state index contributed by atoms with van der Waals surface area (Å²) >= 11 is 0. The van der Waals surface area contributed by atoms with E-state index in [0.29, 0.717) is 29.8 Å². The first-order valence-electron chi connectivity index (χ1n) is 11.1. The van der Waals surface area contributed by atoms with Crippen LogP contribution in [-0.2, 0) is 19.6 Å². The van der Waals surface area contributed by atoms with Crippen LogP contribution in [0.4, 0.5) is 11.4 Å². The summed E-state index contributed by atoms with van der Waals surface area (Å²) in [5.41, 5.74) is 3.91. The van der Waals surface area contributed by atoms with E-state index in [4.69, 9.17) is 4.74 Å². The van der Waals surface area contributed by atoms with Crippen molar-refractivity contribution < 1.29 is 22.7 Å². The van der Waals surface area contributed by atoms with Gasteiger partial charge >= 0.3 is 0 Å². The van der Waals surface area contributed by atoms with Crippen molar-refractivity contribution >= 4 is 33.2 Å². The molecule has 2 amide bonds. The van der Waals surface area contributed by atoms with Crippen molar-refractivity contribution in [1.82, 2.24) is 4.31 Å². The molecule has 2 aromatic carbocycles. The number of hydrogen-bond acceptors (Lipinski definition) is 5. The molecule has 9 heteroatoms. The second-order valence-corrected chi connectivity index (χ2v) is 10.8. The third-order valence-corrected chi connectivity index (χ3v) is 8.33. The van der Waals surface area contributed by atoms with E-state index in [0.717, 1.165) is 16.8 Å². The minimum Gasteiger partial charge on any atom is -0.479 e. The zero-order valence-electron chi connectivity index (χ0n) is 19.3. The van der Waals surface area contributed by atoms with E-state index in [1.807, 2.05) is 32.0 Å². The molecule has 0 aromatic heterocycles. The van der Waals surface area contributed by atoms with Crippen LogP contribution in [0.2, 0.25) is 0 Å². The molecule has 2 heterocycles. The molecule has 1 atom stereocenters. The van der Waals surface area contributed by atoms with Crippen molar-refractivity contribution in [2.45, 2.75) is 51.5 Å². The highest BCUT2D eigenvalue weighted by atomic mass is 32.2. The van der Waals surface area contributed by atoms with Gasteiger partial charge in [0.15, 0.2) is 6.10 Å². The number of benzene rings is 2. The number of ether oxygens (including phenoxy) is 1. The molecular formula is C24H29N3O5S. The Balaban J connectivity index is 1.45. The van der Waals surface area contributed by atoms with Gasteiger partial charge in [-0.3, -0.25) is 9.59 Å². The maximum Gasteiger partial charge on any atom is 0.265 e. The summed E-state index contributed by atoms with van der Waals surface area (Å²) in [5, 5.41) is 5.72. The zero-order chi connectivity index (χ0) is 23.9. The largest absolute Gasteiger partial charge is 0.479 e. The van der Waals surface area contributed by atoms with E-state index in [9.17, 15) is 18.0 Å². The zero-order valence-corrected chi connectivity index (χ0v) is 20.1. The highest BCUT2D eigenvalue weighted by molar-refractivity contribution is 7.89. The Morgan fingerprint density at radius 1 is 1.09 bits per heavy atom. The lowest BCUT2D eigenvalue weighted by molar-refractivity contribution is -0.123. The van der Waals surface area contributed by atoms with Gasteiger partial charge in [0.05, 0.1) is 10.6 Å². The van der Waals surface area contributed by atoms with Crippen LogP contribution in [0.15, 0.2) is 35.2 Å². The van der Waals surface area contributed by atoms with Crippen LogP contribution in [0.1, 0.15) is 36.5 Å². The SMILES string of the molecule is Cc1ccc(NC(=O)C2CCN(S(=O)(=O)c3cc4c(cc3C)NC(=O)[C@H](C)O4)CC2)c(C)c1. The van der Waals surface area contributed by atoms with Gasteiger partial charge in [0.25, 0.3) is 5.91 Å². The molecule has 33 heavy (non-hydrogen) atoms. The summed E-state index contributed by atoms with van der Waals surface area (Å²) in [6.07, 6.45) is 0.204. The lowest BCUT2D eigenvalue weighted by Crippen LogP contribution is -2.41. The molecule has 176 valence electrons. The number of amides is 2. The smallest absolute Gasteiger partial charge is 0.265 e. The van der Waals surface area contributed by atoms with Gasteiger partial charge in [-0.05, 0) is 63.8 Å². The standard InChI is InChI=1S/C24H29N3O5S/c1-14-5-6-19(15(2)11-14)25-24(29)18-7-9-27(10-8-18)33(30,31)22-13-21-20(12-16(22)3)26-23(28)17(4)32-21/h5-6,11-13,17-18H,7-10H2,1-4H3,(H,25,29)(H,26,28)/t17-/m0/s1. The van der Waals surface area contributed by atoms with Crippen molar-refractivity contribution in [3.8, 4) is 5.75 Å². The number of nitrogens with zero attached hydrogens (tertiary/aromatic N) is 1. The van der Waals surface area contributed by atoms with Crippen LogP contribution in [0, 0.1) is 26.7 Å². The number of hydrogen-bond donors (Lipinski definition) is 2. The van der Waals surface area contributed by atoms with Crippen LogP contribution in [-0.4, -0.2) is 43.7 Å². The van der Waals surface area contributed by atoms with Crippen molar-refractivity contribution in [1.29, 1.82) is 0 Å². The molecule has 4 rings (SSSR count). The topological polar surface area (TPSA) is 105 Å². The Labute approximate surface area is 194 Å². The molecule has 0 bridgehead atoms. The molecule has 0 spiro atoms. The highest BCUT2D eigenvalue weighted by Crippen LogP contribution is 2.36. The van der Waals surface area contributed by atoms with Gasteiger partial charge < -0.3 is 15.4 Å². The van der Waals surface area contributed by atoms with Crippen LogP contribution < -0.4 is 15.4 Å². The average molecular weight is 472 g/mol. The third kappa shape index (κ3) is 4.60. The highest BCUT2D eigenvalue weighted by Gasteiger charge is 2.34. The number of anilines is 2. The fourth-order valence-corrected chi connectivity index (χ4v) is 6.00. The maximum absolute atomic E-state index is 13.4. The number of sulfonamides is 1. The van der Waals surface area contributed by atoms with Crippen molar-refractivity contribution in [2.24, 2.45) is 5.92 Å². The second-order valence-electron chi connectivity index (χ2n) is 8.85. The first kappa shape index (κ1) is 23.3. The van der Waals surface area contributed by atoms with Crippen molar-refractivity contribution in [3.63, 3.8) is 0 Å². The van der Waals surface area contributed by atoms with E-state index in [1.54, 1.807) is 19.9 Å². The number of rotatable bonds is 4. The number of carbonyl (C=O) groups is 2. The minimum atomic E-state index is -3.77. The lowest BCUT2D eigenvalue weighted by Gasteiger charge is -2.31. The van der Waals surface area contributed by atoms with Gasteiger partial charge in [-0.2, -0.15) is 4.31 Å². The Hall–Kier alpha value is -2.91. The molecule has 0 unspecified atom stereocenters. The first-order chi connectivity index (χ1) is 15.6. The second kappa shape index (κ2) is 8.79. The molecule has 0 aliphatic carbocycles. The fourth-order valence-electron chi connectivity index (χ4n) is 4.31. The summed E-state index contributed by atoms with van der Waals surface area (Å²) in [6, 6.07) is 8.97. The monoisotopic (exact) mass is 471 g/mol. The number of piperidine rings is 1.